The van der Waals surface area contributed by atoms with E-state index in [1.54, 1.807) is 18.2 Å². The molecule has 0 aliphatic carbocycles. The Morgan fingerprint density at radius 3 is 2.50 bits per heavy atom. The third-order valence-corrected chi connectivity index (χ3v) is 6.01. The second kappa shape index (κ2) is 10.2. The summed E-state index contributed by atoms with van der Waals surface area (Å²) < 4.78 is 14.2. The van der Waals surface area contributed by atoms with Crippen molar-refractivity contribution in [2.24, 2.45) is 0 Å². The van der Waals surface area contributed by atoms with Crippen LogP contribution in [0.3, 0.4) is 0 Å². The van der Waals surface area contributed by atoms with Crippen molar-refractivity contribution >= 4 is 51.4 Å². The predicted molar refractivity (Wildman–Crippen MR) is 118 cm³/mol. The third-order valence-electron chi connectivity index (χ3n) is 4.04. The fraction of sp³-hybridized carbons (Fsp3) is 0.200. The SMILES string of the molecule is Cc1cccc(C)c1NC(=O)CNC(=O)CSc1nnc(Nc2ccccc2F)s1. The summed E-state index contributed by atoms with van der Waals surface area (Å²) in [7, 11) is 0. The summed E-state index contributed by atoms with van der Waals surface area (Å²) in [5.74, 6) is -0.890. The molecule has 0 saturated carbocycles. The number of aromatic nitrogens is 2. The molecule has 7 nitrogen and oxygen atoms in total. The van der Waals surface area contributed by atoms with E-state index in [0.29, 0.717) is 15.2 Å². The number of anilines is 3. The molecule has 0 atom stereocenters. The Morgan fingerprint density at radius 1 is 1.03 bits per heavy atom. The highest BCUT2D eigenvalue weighted by Crippen LogP contribution is 2.28. The Kier molecular flexibility index (Phi) is 7.36. The molecule has 2 aromatic carbocycles. The first-order valence-corrected chi connectivity index (χ1v) is 10.8. The van der Waals surface area contributed by atoms with Crippen LogP contribution in [0.5, 0.6) is 0 Å². The minimum Gasteiger partial charge on any atom is -0.346 e. The van der Waals surface area contributed by atoms with E-state index in [9.17, 15) is 14.0 Å². The van der Waals surface area contributed by atoms with Gasteiger partial charge in [-0.25, -0.2) is 4.39 Å². The van der Waals surface area contributed by atoms with Crippen LogP contribution >= 0.6 is 23.1 Å². The zero-order valence-electron chi connectivity index (χ0n) is 16.4. The van der Waals surface area contributed by atoms with Gasteiger partial charge in [0.15, 0.2) is 4.34 Å². The number of benzene rings is 2. The Bertz CT molecular complexity index is 1040. The molecule has 1 aromatic heterocycles. The van der Waals surface area contributed by atoms with E-state index in [-0.39, 0.29) is 29.9 Å². The average Bonchev–Trinajstić information content (AvgIpc) is 3.17. The average molecular weight is 446 g/mol. The van der Waals surface area contributed by atoms with Gasteiger partial charge < -0.3 is 16.0 Å². The van der Waals surface area contributed by atoms with Crippen LogP contribution in [-0.2, 0) is 9.59 Å². The lowest BCUT2D eigenvalue weighted by atomic mass is 10.1. The summed E-state index contributed by atoms with van der Waals surface area (Å²) in [5, 5.41) is 16.6. The maximum atomic E-state index is 13.7. The number of halogens is 1. The summed E-state index contributed by atoms with van der Waals surface area (Å²) in [6.07, 6.45) is 0. The molecule has 0 bridgehead atoms. The maximum absolute atomic E-state index is 13.7. The number of rotatable bonds is 8. The van der Waals surface area contributed by atoms with Crippen molar-refractivity contribution in [3.05, 3.63) is 59.4 Å². The molecule has 3 rings (SSSR count). The fourth-order valence-corrected chi connectivity index (χ4v) is 4.14. The quantitative estimate of drug-likeness (QED) is 0.456. The lowest BCUT2D eigenvalue weighted by Crippen LogP contribution is -2.34. The monoisotopic (exact) mass is 445 g/mol. The van der Waals surface area contributed by atoms with Gasteiger partial charge in [-0.15, -0.1) is 10.2 Å². The first-order valence-electron chi connectivity index (χ1n) is 9.03. The molecule has 30 heavy (non-hydrogen) atoms. The van der Waals surface area contributed by atoms with E-state index >= 15 is 0 Å². The molecule has 10 heteroatoms. The van der Waals surface area contributed by atoms with E-state index in [0.717, 1.165) is 16.8 Å². The first-order chi connectivity index (χ1) is 14.4. The second-order valence-corrected chi connectivity index (χ2v) is 8.56. The molecule has 0 saturated heterocycles. The van der Waals surface area contributed by atoms with Gasteiger partial charge in [0.1, 0.15) is 5.82 Å². The zero-order chi connectivity index (χ0) is 21.5. The lowest BCUT2D eigenvalue weighted by molar-refractivity contribution is -0.122. The molecule has 0 radical (unpaired) electrons. The molecule has 0 aliphatic rings. The van der Waals surface area contributed by atoms with Crippen LogP contribution in [0.25, 0.3) is 0 Å². The van der Waals surface area contributed by atoms with Crippen LogP contribution in [0.15, 0.2) is 46.8 Å². The largest absolute Gasteiger partial charge is 0.346 e. The van der Waals surface area contributed by atoms with Gasteiger partial charge in [0.05, 0.1) is 18.0 Å². The van der Waals surface area contributed by atoms with Crippen LogP contribution in [0.1, 0.15) is 11.1 Å². The topological polar surface area (TPSA) is 96.0 Å². The molecule has 156 valence electrons. The standard InChI is InChI=1S/C20H20FN5O2S2/c1-12-6-5-7-13(2)18(12)24-16(27)10-22-17(28)11-29-20-26-25-19(30-20)23-15-9-4-3-8-14(15)21/h3-9H,10-11H2,1-2H3,(H,22,28)(H,23,25)(H,24,27). The van der Waals surface area contributed by atoms with Gasteiger partial charge in [-0.3, -0.25) is 9.59 Å². The summed E-state index contributed by atoms with van der Waals surface area (Å²) in [6, 6.07) is 12.0. The number of para-hydroxylation sites is 2. The third kappa shape index (κ3) is 6.01. The van der Waals surface area contributed by atoms with Crippen LogP contribution < -0.4 is 16.0 Å². The minimum absolute atomic E-state index is 0.0883. The van der Waals surface area contributed by atoms with E-state index in [1.807, 2.05) is 32.0 Å². The lowest BCUT2D eigenvalue weighted by Gasteiger charge is -2.11. The summed E-state index contributed by atoms with van der Waals surface area (Å²) >= 11 is 2.40. The smallest absolute Gasteiger partial charge is 0.243 e. The minimum atomic E-state index is -0.388. The number of nitrogens with one attached hydrogen (secondary N) is 3. The predicted octanol–water partition coefficient (Wildman–Crippen LogP) is 3.88. The molecule has 3 aromatic rings. The number of thioether (sulfide) groups is 1. The summed E-state index contributed by atoms with van der Waals surface area (Å²) in [5.41, 5.74) is 2.98. The molecular weight excluding hydrogens is 425 g/mol. The normalized spacial score (nSPS) is 10.5. The molecule has 0 spiro atoms. The molecular formula is C20H20FN5O2S2. The van der Waals surface area contributed by atoms with Crippen LogP contribution in [0.2, 0.25) is 0 Å². The number of aryl methyl sites for hydroxylation is 2. The second-order valence-electron chi connectivity index (χ2n) is 6.36. The van der Waals surface area contributed by atoms with Gasteiger partial charge in [-0.2, -0.15) is 0 Å². The maximum Gasteiger partial charge on any atom is 0.243 e. The highest BCUT2D eigenvalue weighted by Gasteiger charge is 2.12. The van der Waals surface area contributed by atoms with Gasteiger partial charge in [-0.1, -0.05) is 53.4 Å². The van der Waals surface area contributed by atoms with Crippen molar-refractivity contribution in [3.8, 4) is 0 Å². The molecule has 3 N–H and O–H groups in total. The molecule has 1 heterocycles. The van der Waals surface area contributed by atoms with Crippen LogP contribution in [0.4, 0.5) is 20.9 Å². The van der Waals surface area contributed by atoms with Crippen molar-refractivity contribution in [1.29, 1.82) is 0 Å². The van der Waals surface area contributed by atoms with Crippen LogP contribution in [0, 0.1) is 19.7 Å². The van der Waals surface area contributed by atoms with E-state index in [1.165, 1.54) is 29.2 Å². The zero-order valence-corrected chi connectivity index (χ0v) is 18.0. The van der Waals surface area contributed by atoms with Gasteiger partial charge >= 0.3 is 0 Å². The Morgan fingerprint density at radius 2 is 1.77 bits per heavy atom. The van der Waals surface area contributed by atoms with Gasteiger partial charge in [0.2, 0.25) is 16.9 Å². The Balaban J connectivity index is 1.43. The first kappa shape index (κ1) is 21.7. The highest BCUT2D eigenvalue weighted by molar-refractivity contribution is 8.01. The van der Waals surface area contributed by atoms with Gasteiger partial charge in [0, 0.05) is 5.69 Å². The van der Waals surface area contributed by atoms with Crippen molar-refractivity contribution in [2.45, 2.75) is 18.2 Å². The Labute approximate surface area is 181 Å². The number of hydrogen-bond donors (Lipinski definition) is 3. The van der Waals surface area contributed by atoms with Crippen molar-refractivity contribution in [1.82, 2.24) is 15.5 Å². The van der Waals surface area contributed by atoms with Crippen molar-refractivity contribution in [3.63, 3.8) is 0 Å². The number of hydrogen-bond acceptors (Lipinski definition) is 7. The van der Waals surface area contributed by atoms with E-state index in [2.05, 4.69) is 26.1 Å². The fourth-order valence-electron chi connectivity index (χ4n) is 2.55. The molecule has 2 amide bonds. The van der Waals surface area contributed by atoms with Crippen LogP contribution in [-0.4, -0.2) is 34.3 Å². The van der Waals surface area contributed by atoms with Gasteiger partial charge in [-0.05, 0) is 37.1 Å². The number of nitrogens with zero attached hydrogens (tertiary/aromatic N) is 2. The van der Waals surface area contributed by atoms with E-state index < -0.39 is 0 Å². The van der Waals surface area contributed by atoms with Crippen molar-refractivity contribution in [2.75, 3.05) is 22.9 Å². The number of carbonyl (C=O) groups is 2. The Hall–Kier alpha value is -2.98. The van der Waals surface area contributed by atoms with E-state index in [4.69, 9.17) is 0 Å². The molecule has 0 fully saturated rings. The molecule has 0 unspecified atom stereocenters. The summed E-state index contributed by atoms with van der Waals surface area (Å²) in [6.45, 7) is 3.70. The number of amides is 2. The summed E-state index contributed by atoms with van der Waals surface area (Å²) in [4.78, 5) is 24.1. The molecule has 0 aliphatic heterocycles. The van der Waals surface area contributed by atoms with Gasteiger partial charge in [0.25, 0.3) is 0 Å². The highest BCUT2D eigenvalue weighted by atomic mass is 32.2. The van der Waals surface area contributed by atoms with Crippen molar-refractivity contribution < 1.29 is 14.0 Å². The number of carbonyl (C=O) groups excluding carboxylic acids is 2.